The summed E-state index contributed by atoms with van der Waals surface area (Å²) in [6.45, 7) is 4.26. The number of aromatic nitrogens is 2. The number of primary amides is 1. The highest BCUT2D eigenvalue weighted by Crippen LogP contribution is 2.29. The standard InChI is InChI=1S/C23H21ClN4O3/c1-3-19-13(2)17-10-16(8-9-20(17)31-19)27-23-26-11-18(21(25)29)22(30)28(23)12-14-4-6-15(24)7-5-14/h4-11H,3,12H2,1-2H3,(H2,25,29)(H,26,27). The number of furan rings is 1. The number of aryl methyl sites for hydroxylation is 2. The predicted octanol–water partition coefficient (Wildman–Crippen LogP) is 4.40. The molecule has 8 heteroatoms. The van der Waals surface area contributed by atoms with Gasteiger partial charge in [0.2, 0.25) is 5.95 Å². The van der Waals surface area contributed by atoms with Gasteiger partial charge in [0.1, 0.15) is 16.9 Å². The first-order valence-corrected chi connectivity index (χ1v) is 10.2. The van der Waals surface area contributed by atoms with Crippen LogP contribution in [-0.4, -0.2) is 15.5 Å². The second-order valence-electron chi connectivity index (χ2n) is 7.22. The van der Waals surface area contributed by atoms with E-state index in [2.05, 4.69) is 10.3 Å². The third-order valence-electron chi connectivity index (χ3n) is 5.18. The lowest BCUT2D eigenvalue weighted by atomic mass is 10.1. The van der Waals surface area contributed by atoms with Gasteiger partial charge in [0.25, 0.3) is 11.5 Å². The van der Waals surface area contributed by atoms with Gasteiger partial charge in [-0.05, 0) is 48.4 Å². The Morgan fingerprint density at radius 2 is 1.97 bits per heavy atom. The fourth-order valence-electron chi connectivity index (χ4n) is 3.50. The van der Waals surface area contributed by atoms with Crippen molar-refractivity contribution >= 4 is 40.1 Å². The Morgan fingerprint density at radius 1 is 1.23 bits per heavy atom. The first kappa shape index (κ1) is 20.7. The Kier molecular flexibility index (Phi) is 5.52. The molecule has 0 aliphatic rings. The summed E-state index contributed by atoms with van der Waals surface area (Å²) in [5.41, 5.74) is 8.11. The van der Waals surface area contributed by atoms with Crippen LogP contribution in [-0.2, 0) is 13.0 Å². The van der Waals surface area contributed by atoms with Crippen LogP contribution in [0.5, 0.6) is 0 Å². The summed E-state index contributed by atoms with van der Waals surface area (Å²) in [4.78, 5) is 28.9. The highest BCUT2D eigenvalue weighted by Gasteiger charge is 2.16. The van der Waals surface area contributed by atoms with E-state index >= 15 is 0 Å². The fraction of sp³-hybridized carbons (Fsp3) is 0.174. The number of carbonyl (C=O) groups excluding carboxylic acids is 1. The Labute approximate surface area is 183 Å². The van der Waals surface area contributed by atoms with E-state index in [0.29, 0.717) is 11.0 Å². The van der Waals surface area contributed by atoms with E-state index in [1.165, 1.54) is 10.8 Å². The van der Waals surface area contributed by atoms with Crippen LogP contribution in [0, 0.1) is 6.92 Å². The smallest absolute Gasteiger partial charge is 0.268 e. The molecule has 0 atom stereocenters. The molecule has 0 radical (unpaired) electrons. The van der Waals surface area contributed by atoms with Gasteiger partial charge in [-0.25, -0.2) is 4.98 Å². The third-order valence-corrected chi connectivity index (χ3v) is 5.43. The lowest BCUT2D eigenvalue weighted by Crippen LogP contribution is -2.32. The summed E-state index contributed by atoms with van der Waals surface area (Å²) < 4.78 is 7.25. The van der Waals surface area contributed by atoms with Crippen molar-refractivity contribution in [3.05, 3.63) is 86.5 Å². The lowest BCUT2D eigenvalue weighted by Gasteiger charge is -2.15. The number of nitrogens with zero attached hydrogens (tertiary/aromatic N) is 2. The molecule has 31 heavy (non-hydrogen) atoms. The molecule has 0 saturated heterocycles. The van der Waals surface area contributed by atoms with Gasteiger partial charge in [-0.2, -0.15) is 0 Å². The second-order valence-corrected chi connectivity index (χ2v) is 7.65. The van der Waals surface area contributed by atoms with E-state index in [0.717, 1.165) is 40.0 Å². The van der Waals surface area contributed by atoms with Gasteiger partial charge in [0.05, 0.1) is 6.54 Å². The first-order chi connectivity index (χ1) is 14.9. The summed E-state index contributed by atoms with van der Waals surface area (Å²) in [5, 5.41) is 4.77. The van der Waals surface area contributed by atoms with Crippen LogP contribution in [0.4, 0.5) is 11.6 Å². The topological polar surface area (TPSA) is 103 Å². The lowest BCUT2D eigenvalue weighted by molar-refractivity contribution is 0.0998. The minimum absolute atomic E-state index is 0.173. The summed E-state index contributed by atoms with van der Waals surface area (Å²) in [7, 11) is 0. The first-order valence-electron chi connectivity index (χ1n) is 9.80. The molecule has 0 aliphatic carbocycles. The van der Waals surface area contributed by atoms with E-state index < -0.39 is 11.5 Å². The highest BCUT2D eigenvalue weighted by atomic mass is 35.5. The molecule has 2 aromatic carbocycles. The van der Waals surface area contributed by atoms with Gasteiger partial charge in [0.15, 0.2) is 0 Å². The average molecular weight is 437 g/mol. The molecule has 0 spiro atoms. The van der Waals surface area contributed by atoms with Crippen LogP contribution < -0.4 is 16.6 Å². The zero-order valence-corrected chi connectivity index (χ0v) is 17.9. The Morgan fingerprint density at radius 3 is 2.65 bits per heavy atom. The van der Waals surface area contributed by atoms with E-state index in [-0.39, 0.29) is 12.1 Å². The molecule has 2 heterocycles. The molecule has 158 valence electrons. The van der Waals surface area contributed by atoms with Crippen molar-refractivity contribution in [2.75, 3.05) is 5.32 Å². The summed E-state index contributed by atoms with van der Waals surface area (Å²) in [6, 6.07) is 12.8. The number of halogens is 1. The number of hydrogen-bond acceptors (Lipinski definition) is 5. The van der Waals surface area contributed by atoms with Crippen LogP contribution in [0.3, 0.4) is 0 Å². The molecular formula is C23H21ClN4O3. The van der Waals surface area contributed by atoms with Crippen molar-refractivity contribution in [1.29, 1.82) is 0 Å². The van der Waals surface area contributed by atoms with Crippen molar-refractivity contribution in [2.45, 2.75) is 26.8 Å². The van der Waals surface area contributed by atoms with Crippen molar-refractivity contribution in [3.8, 4) is 0 Å². The Balaban J connectivity index is 1.77. The summed E-state index contributed by atoms with van der Waals surface area (Å²) >= 11 is 5.96. The number of hydrogen-bond donors (Lipinski definition) is 2. The zero-order chi connectivity index (χ0) is 22.1. The number of benzene rings is 2. The molecule has 4 rings (SSSR count). The number of nitrogens with two attached hydrogens (primary N) is 1. The van der Waals surface area contributed by atoms with Crippen molar-refractivity contribution in [1.82, 2.24) is 9.55 Å². The molecule has 1 amide bonds. The fourth-order valence-corrected chi connectivity index (χ4v) is 3.62. The van der Waals surface area contributed by atoms with Crippen molar-refractivity contribution in [3.63, 3.8) is 0 Å². The average Bonchev–Trinajstić information content (AvgIpc) is 3.07. The van der Waals surface area contributed by atoms with Crippen LogP contribution in [0.2, 0.25) is 5.02 Å². The number of rotatable bonds is 6. The maximum atomic E-state index is 12.9. The molecular weight excluding hydrogens is 416 g/mol. The molecule has 0 aliphatic heterocycles. The molecule has 0 unspecified atom stereocenters. The molecule has 7 nitrogen and oxygen atoms in total. The predicted molar refractivity (Wildman–Crippen MR) is 121 cm³/mol. The highest BCUT2D eigenvalue weighted by molar-refractivity contribution is 6.30. The van der Waals surface area contributed by atoms with E-state index in [4.69, 9.17) is 21.8 Å². The van der Waals surface area contributed by atoms with E-state index in [1.54, 1.807) is 12.1 Å². The number of anilines is 2. The SMILES string of the molecule is CCc1oc2ccc(Nc3ncc(C(N)=O)c(=O)n3Cc3ccc(Cl)cc3)cc2c1C. The van der Waals surface area contributed by atoms with Gasteiger partial charge in [-0.3, -0.25) is 14.2 Å². The largest absolute Gasteiger partial charge is 0.461 e. The summed E-state index contributed by atoms with van der Waals surface area (Å²) in [6.07, 6.45) is 2.00. The molecule has 0 fully saturated rings. The van der Waals surface area contributed by atoms with Crippen molar-refractivity contribution in [2.24, 2.45) is 5.73 Å². The van der Waals surface area contributed by atoms with Gasteiger partial charge in [-0.15, -0.1) is 0 Å². The normalized spacial score (nSPS) is 11.1. The number of fused-ring (bicyclic) bond motifs is 1. The van der Waals surface area contributed by atoms with Crippen LogP contribution in [0.15, 0.2) is 57.9 Å². The Hall–Kier alpha value is -3.58. The molecule has 3 N–H and O–H groups in total. The maximum Gasteiger partial charge on any atom is 0.268 e. The van der Waals surface area contributed by atoms with Gasteiger partial charge in [-0.1, -0.05) is 30.7 Å². The van der Waals surface area contributed by atoms with Gasteiger partial charge in [0, 0.05) is 28.7 Å². The molecule has 4 aromatic rings. The zero-order valence-electron chi connectivity index (χ0n) is 17.1. The maximum absolute atomic E-state index is 12.9. The Bertz CT molecular complexity index is 1340. The van der Waals surface area contributed by atoms with Gasteiger partial charge < -0.3 is 15.5 Å². The minimum Gasteiger partial charge on any atom is -0.461 e. The van der Waals surface area contributed by atoms with Crippen molar-refractivity contribution < 1.29 is 9.21 Å². The van der Waals surface area contributed by atoms with Crippen LogP contribution in [0.25, 0.3) is 11.0 Å². The second kappa shape index (κ2) is 8.28. The molecule has 0 saturated carbocycles. The van der Waals surface area contributed by atoms with Gasteiger partial charge >= 0.3 is 0 Å². The van der Waals surface area contributed by atoms with Crippen LogP contribution in [0.1, 0.15) is 34.2 Å². The molecule has 2 aromatic heterocycles. The van der Waals surface area contributed by atoms with E-state index in [9.17, 15) is 9.59 Å². The monoisotopic (exact) mass is 436 g/mol. The molecule has 0 bridgehead atoms. The summed E-state index contributed by atoms with van der Waals surface area (Å²) in [5.74, 6) is 0.410. The minimum atomic E-state index is -0.823. The number of carbonyl (C=O) groups is 1. The van der Waals surface area contributed by atoms with E-state index in [1.807, 2.05) is 44.2 Å². The quantitative estimate of drug-likeness (QED) is 0.466. The van der Waals surface area contributed by atoms with Crippen LogP contribution >= 0.6 is 11.6 Å². The number of amides is 1. The number of nitrogens with one attached hydrogen (secondary N) is 1. The third kappa shape index (κ3) is 4.04.